The molecule has 0 N–H and O–H groups in total. The third-order valence-electron chi connectivity index (χ3n) is 4.03. The lowest BCUT2D eigenvalue weighted by atomic mass is 10.0. The van der Waals surface area contributed by atoms with E-state index in [1.807, 2.05) is 25.1 Å². The van der Waals surface area contributed by atoms with E-state index in [1.54, 1.807) is 0 Å². The second-order valence-electron chi connectivity index (χ2n) is 5.83. The number of hydrogen-bond acceptors (Lipinski definition) is 3. The second kappa shape index (κ2) is 7.32. The fourth-order valence-electron chi connectivity index (χ4n) is 2.60. The smallest absolute Gasteiger partial charge is 0.308 e. The first-order chi connectivity index (χ1) is 10.9. The van der Waals surface area contributed by atoms with Gasteiger partial charge in [-0.2, -0.15) is 0 Å². The first-order valence-electron chi connectivity index (χ1n) is 7.92. The van der Waals surface area contributed by atoms with Gasteiger partial charge in [0.25, 0.3) is 0 Å². The molecule has 0 unspecified atom stereocenters. The van der Waals surface area contributed by atoms with Crippen molar-refractivity contribution in [3.05, 3.63) is 58.1 Å². The SMILES string of the molecule is CCc1cccc(OC(C)=O)c1COc1cc(C)c(C)cc1C. The Bertz CT molecular complexity index is 717. The Kier molecular flexibility index (Phi) is 5.43. The molecule has 0 aliphatic carbocycles. The topological polar surface area (TPSA) is 35.5 Å². The molecule has 0 bridgehead atoms. The summed E-state index contributed by atoms with van der Waals surface area (Å²) in [5.74, 6) is 1.13. The number of rotatable bonds is 5. The van der Waals surface area contributed by atoms with Gasteiger partial charge in [0.05, 0.1) is 0 Å². The van der Waals surface area contributed by atoms with Gasteiger partial charge in [0.15, 0.2) is 0 Å². The first kappa shape index (κ1) is 17.1. The van der Waals surface area contributed by atoms with Crippen LogP contribution in [0, 0.1) is 20.8 Å². The Morgan fingerprint density at radius 3 is 2.35 bits per heavy atom. The molecule has 0 aromatic heterocycles. The van der Waals surface area contributed by atoms with Crippen LogP contribution in [0.1, 0.15) is 41.7 Å². The lowest BCUT2D eigenvalue weighted by molar-refractivity contribution is -0.131. The molecule has 3 heteroatoms. The highest BCUT2D eigenvalue weighted by atomic mass is 16.5. The van der Waals surface area contributed by atoms with E-state index < -0.39 is 0 Å². The van der Waals surface area contributed by atoms with Crippen LogP contribution in [0.2, 0.25) is 0 Å². The summed E-state index contributed by atoms with van der Waals surface area (Å²) in [7, 11) is 0. The number of aryl methyl sites for hydroxylation is 4. The van der Waals surface area contributed by atoms with Crippen LogP contribution in [-0.2, 0) is 17.8 Å². The van der Waals surface area contributed by atoms with Gasteiger partial charge in [0, 0.05) is 12.5 Å². The molecule has 23 heavy (non-hydrogen) atoms. The van der Waals surface area contributed by atoms with Gasteiger partial charge in [0.1, 0.15) is 18.1 Å². The number of benzene rings is 2. The lowest BCUT2D eigenvalue weighted by Gasteiger charge is -2.16. The van der Waals surface area contributed by atoms with E-state index in [9.17, 15) is 4.79 Å². The van der Waals surface area contributed by atoms with Gasteiger partial charge >= 0.3 is 5.97 Å². The summed E-state index contributed by atoms with van der Waals surface area (Å²) in [5.41, 5.74) is 5.63. The Hall–Kier alpha value is -2.29. The summed E-state index contributed by atoms with van der Waals surface area (Å²) in [6.07, 6.45) is 0.861. The average molecular weight is 312 g/mol. The maximum atomic E-state index is 11.3. The Morgan fingerprint density at radius 2 is 1.70 bits per heavy atom. The highest BCUT2D eigenvalue weighted by Crippen LogP contribution is 2.28. The van der Waals surface area contributed by atoms with Crippen molar-refractivity contribution in [2.75, 3.05) is 0 Å². The summed E-state index contributed by atoms with van der Waals surface area (Å²) in [4.78, 5) is 11.3. The van der Waals surface area contributed by atoms with Crippen molar-refractivity contribution in [3.63, 3.8) is 0 Å². The minimum Gasteiger partial charge on any atom is -0.488 e. The molecule has 0 saturated heterocycles. The van der Waals surface area contributed by atoms with Crippen LogP contribution in [0.3, 0.4) is 0 Å². The van der Waals surface area contributed by atoms with E-state index in [0.29, 0.717) is 12.4 Å². The van der Waals surface area contributed by atoms with Crippen LogP contribution >= 0.6 is 0 Å². The third kappa shape index (κ3) is 4.13. The Balaban J connectivity index is 2.29. The zero-order valence-corrected chi connectivity index (χ0v) is 14.5. The van der Waals surface area contributed by atoms with Gasteiger partial charge in [0.2, 0.25) is 0 Å². The van der Waals surface area contributed by atoms with E-state index in [-0.39, 0.29) is 5.97 Å². The molecule has 0 amide bonds. The van der Waals surface area contributed by atoms with Crippen molar-refractivity contribution in [2.45, 2.75) is 47.6 Å². The van der Waals surface area contributed by atoms with E-state index in [4.69, 9.17) is 9.47 Å². The van der Waals surface area contributed by atoms with E-state index in [1.165, 1.54) is 18.1 Å². The average Bonchev–Trinajstić information content (AvgIpc) is 2.49. The largest absolute Gasteiger partial charge is 0.488 e. The van der Waals surface area contributed by atoms with Gasteiger partial charge in [-0.25, -0.2) is 0 Å². The summed E-state index contributed by atoms with van der Waals surface area (Å²) in [5, 5.41) is 0. The summed E-state index contributed by atoms with van der Waals surface area (Å²) < 4.78 is 11.4. The molecule has 0 atom stereocenters. The summed E-state index contributed by atoms with van der Waals surface area (Å²) in [6, 6.07) is 9.95. The first-order valence-corrected chi connectivity index (χ1v) is 7.92. The zero-order valence-electron chi connectivity index (χ0n) is 14.5. The van der Waals surface area contributed by atoms with Crippen LogP contribution in [-0.4, -0.2) is 5.97 Å². The molecule has 0 radical (unpaired) electrons. The number of hydrogen-bond donors (Lipinski definition) is 0. The van der Waals surface area contributed by atoms with Crippen LogP contribution < -0.4 is 9.47 Å². The Morgan fingerprint density at radius 1 is 1.00 bits per heavy atom. The molecule has 3 nitrogen and oxygen atoms in total. The molecular weight excluding hydrogens is 288 g/mol. The van der Waals surface area contributed by atoms with Crippen molar-refractivity contribution in [2.24, 2.45) is 0 Å². The fraction of sp³-hybridized carbons (Fsp3) is 0.350. The van der Waals surface area contributed by atoms with Gasteiger partial charge in [-0.1, -0.05) is 25.1 Å². The predicted octanol–water partition coefficient (Wildman–Crippen LogP) is 4.68. The molecule has 0 heterocycles. The number of carbonyl (C=O) groups excluding carboxylic acids is 1. The molecule has 0 saturated carbocycles. The molecule has 0 aliphatic rings. The van der Waals surface area contributed by atoms with Crippen molar-refractivity contribution in [3.8, 4) is 11.5 Å². The fourth-order valence-corrected chi connectivity index (χ4v) is 2.60. The standard InChI is InChI=1S/C20H24O3/c1-6-17-8-7-9-19(23-16(5)21)18(17)12-22-20-11-14(3)13(2)10-15(20)4/h7-11H,6,12H2,1-5H3. The Labute approximate surface area is 138 Å². The van der Waals surface area contributed by atoms with E-state index in [2.05, 4.69) is 32.9 Å². The number of esters is 1. The third-order valence-corrected chi connectivity index (χ3v) is 4.03. The van der Waals surface area contributed by atoms with E-state index in [0.717, 1.165) is 28.9 Å². The van der Waals surface area contributed by atoms with Crippen molar-refractivity contribution in [1.29, 1.82) is 0 Å². The highest BCUT2D eigenvalue weighted by Gasteiger charge is 2.12. The van der Waals surface area contributed by atoms with Crippen LogP contribution in [0.25, 0.3) is 0 Å². The van der Waals surface area contributed by atoms with Crippen LogP contribution in [0.15, 0.2) is 30.3 Å². The maximum absolute atomic E-state index is 11.3. The van der Waals surface area contributed by atoms with Gasteiger partial charge in [-0.3, -0.25) is 4.79 Å². The molecule has 122 valence electrons. The molecule has 2 aromatic rings. The van der Waals surface area contributed by atoms with Crippen molar-refractivity contribution >= 4 is 5.97 Å². The molecule has 2 aromatic carbocycles. The van der Waals surface area contributed by atoms with Gasteiger partial charge < -0.3 is 9.47 Å². The minimum atomic E-state index is -0.318. The summed E-state index contributed by atoms with van der Waals surface area (Å²) >= 11 is 0. The molecule has 0 fully saturated rings. The number of carbonyl (C=O) groups is 1. The van der Waals surface area contributed by atoms with Gasteiger partial charge in [-0.15, -0.1) is 0 Å². The van der Waals surface area contributed by atoms with E-state index >= 15 is 0 Å². The lowest BCUT2D eigenvalue weighted by Crippen LogP contribution is -2.08. The maximum Gasteiger partial charge on any atom is 0.308 e. The molecular formula is C20H24O3. The van der Waals surface area contributed by atoms with Crippen LogP contribution in [0.4, 0.5) is 0 Å². The highest BCUT2D eigenvalue weighted by molar-refractivity contribution is 5.70. The second-order valence-corrected chi connectivity index (χ2v) is 5.83. The van der Waals surface area contributed by atoms with Crippen molar-refractivity contribution in [1.82, 2.24) is 0 Å². The predicted molar refractivity (Wildman–Crippen MR) is 92.1 cm³/mol. The number of ether oxygens (including phenoxy) is 2. The quantitative estimate of drug-likeness (QED) is 0.594. The van der Waals surface area contributed by atoms with Gasteiger partial charge in [-0.05, 0) is 61.6 Å². The minimum absolute atomic E-state index is 0.318. The van der Waals surface area contributed by atoms with Crippen molar-refractivity contribution < 1.29 is 14.3 Å². The molecule has 0 spiro atoms. The zero-order chi connectivity index (χ0) is 17.0. The molecule has 0 aliphatic heterocycles. The molecule has 2 rings (SSSR count). The van der Waals surface area contributed by atoms with Crippen LogP contribution in [0.5, 0.6) is 11.5 Å². The monoisotopic (exact) mass is 312 g/mol. The summed E-state index contributed by atoms with van der Waals surface area (Å²) in [6.45, 7) is 10.1. The normalized spacial score (nSPS) is 10.5.